The van der Waals surface area contributed by atoms with Gasteiger partial charge in [0, 0.05) is 17.1 Å². The molecule has 1 atom stereocenters. The summed E-state index contributed by atoms with van der Waals surface area (Å²) in [6.07, 6.45) is 0.597. The van der Waals surface area contributed by atoms with Crippen molar-refractivity contribution in [2.45, 2.75) is 42.9 Å². The van der Waals surface area contributed by atoms with Crippen LogP contribution in [0.5, 0.6) is 0 Å². The Hall–Kier alpha value is -0.630. The molecule has 1 amide bonds. The first kappa shape index (κ1) is 21.4. The molecule has 3 N–H and O–H groups in total. The molecule has 0 aliphatic carbocycles. The number of halogens is 2. The number of sulfone groups is 1. The molecule has 1 aromatic carbocycles. The zero-order valence-corrected chi connectivity index (χ0v) is 16.0. The topological polar surface area (TPSA) is 89.3 Å². The smallest absolute Gasteiger partial charge is 0.241 e. The number of hydrogen-bond donors (Lipinski definition) is 2. The molecular weight excluding hydrogens is 392 g/mol. The Balaban J connectivity index is 0.00000441. The monoisotopic (exact) mass is 412 g/mol. The molecule has 0 spiro atoms. The molecule has 126 valence electrons. The van der Waals surface area contributed by atoms with Gasteiger partial charge < -0.3 is 11.1 Å². The van der Waals surface area contributed by atoms with Crippen LogP contribution in [0.25, 0.3) is 0 Å². The summed E-state index contributed by atoms with van der Waals surface area (Å²) >= 11 is 3.25. The predicted molar refractivity (Wildman–Crippen MR) is 93.9 cm³/mol. The van der Waals surface area contributed by atoms with Crippen LogP contribution in [0.1, 0.15) is 27.2 Å². The van der Waals surface area contributed by atoms with Crippen LogP contribution in [0.2, 0.25) is 0 Å². The second-order valence-electron chi connectivity index (χ2n) is 5.49. The molecule has 5 nitrogen and oxygen atoms in total. The van der Waals surface area contributed by atoms with Crippen LogP contribution in [0.4, 0.5) is 0 Å². The van der Waals surface area contributed by atoms with E-state index in [1.54, 1.807) is 12.1 Å². The van der Waals surface area contributed by atoms with Gasteiger partial charge in [0.25, 0.3) is 0 Å². The molecule has 0 heterocycles. The average molecular weight is 414 g/mol. The lowest BCUT2D eigenvalue weighted by Gasteiger charge is -2.24. The van der Waals surface area contributed by atoms with Gasteiger partial charge in [0.15, 0.2) is 9.84 Å². The second-order valence-corrected chi connectivity index (χ2v) is 8.90. The first-order valence-corrected chi connectivity index (χ1v) is 8.90. The minimum absolute atomic E-state index is 0. The molecule has 1 unspecified atom stereocenters. The minimum atomic E-state index is -3.77. The Kier molecular flexibility index (Phi) is 8.05. The number of nitrogens with one attached hydrogen (secondary N) is 1. The average Bonchev–Trinajstić information content (AvgIpc) is 2.38. The fourth-order valence-electron chi connectivity index (χ4n) is 1.66. The van der Waals surface area contributed by atoms with Crippen molar-refractivity contribution in [3.05, 3.63) is 28.7 Å². The van der Waals surface area contributed by atoms with Crippen LogP contribution in [0.15, 0.2) is 33.6 Å². The molecule has 0 saturated carbocycles. The van der Waals surface area contributed by atoms with E-state index < -0.39 is 20.5 Å². The van der Waals surface area contributed by atoms with Gasteiger partial charge in [-0.15, -0.1) is 12.4 Å². The highest BCUT2D eigenvalue weighted by atomic mass is 79.9. The molecule has 0 fully saturated rings. The van der Waals surface area contributed by atoms with Crippen molar-refractivity contribution in [1.82, 2.24) is 5.32 Å². The number of rotatable bonds is 6. The summed E-state index contributed by atoms with van der Waals surface area (Å²) in [6.45, 7) is 5.00. The maximum Gasteiger partial charge on any atom is 0.241 e. The van der Waals surface area contributed by atoms with Crippen molar-refractivity contribution < 1.29 is 13.2 Å². The SMILES string of the molecule is CC(N)CCNC(=O)C(C)(C)S(=O)(=O)c1ccc(Br)cc1.Cl. The summed E-state index contributed by atoms with van der Waals surface area (Å²) in [5, 5.41) is 2.63. The number of carbonyl (C=O) groups excluding carboxylic acids is 1. The third-order valence-corrected chi connectivity index (χ3v) is 6.18. The molecule has 1 rings (SSSR count). The van der Waals surface area contributed by atoms with Gasteiger partial charge in [0.05, 0.1) is 4.90 Å². The lowest BCUT2D eigenvalue weighted by atomic mass is 10.2. The highest BCUT2D eigenvalue weighted by Gasteiger charge is 2.42. The van der Waals surface area contributed by atoms with Crippen LogP contribution in [-0.2, 0) is 14.6 Å². The van der Waals surface area contributed by atoms with E-state index in [0.717, 1.165) is 4.47 Å². The van der Waals surface area contributed by atoms with E-state index in [0.29, 0.717) is 13.0 Å². The van der Waals surface area contributed by atoms with Crippen LogP contribution in [-0.4, -0.2) is 31.7 Å². The summed E-state index contributed by atoms with van der Waals surface area (Å²) in [5.74, 6) is -0.522. The van der Waals surface area contributed by atoms with Crippen LogP contribution >= 0.6 is 28.3 Å². The Bertz CT molecular complexity index is 601. The zero-order valence-electron chi connectivity index (χ0n) is 12.8. The summed E-state index contributed by atoms with van der Waals surface area (Å²) in [7, 11) is -3.77. The third kappa shape index (κ3) is 4.94. The maximum atomic E-state index is 12.6. The van der Waals surface area contributed by atoms with Crippen molar-refractivity contribution in [2.24, 2.45) is 5.73 Å². The van der Waals surface area contributed by atoms with Crippen molar-refractivity contribution >= 4 is 44.1 Å². The fourth-order valence-corrected chi connectivity index (χ4v) is 3.32. The van der Waals surface area contributed by atoms with E-state index in [1.165, 1.54) is 26.0 Å². The van der Waals surface area contributed by atoms with Crippen molar-refractivity contribution in [2.75, 3.05) is 6.54 Å². The van der Waals surface area contributed by atoms with Crippen LogP contribution in [0, 0.1) is 0 Å². The van der Waals surface area contributed by atoms with Gasteiger partial charge in [0.1, 0.15) is 4.75 Å². The number of hydrogen-bond acceptors (Lipinski definition) is 4. The summed E-state index contributed by atoms with van der Waals surface area (Å²) < 4.78 is 24.4. The number of carbonyl (C=O) groups is 1. The third-order valence-electron chi connectivity index (χ3n) is 3.23. The minimum Gasteiger partial charge on any atom is -0.355 e. The maximum absolute atomic E-state index is 12.6. The Morgan fingerprint density at radius 3 is 2.27 bits per heavy atom. The van der Waals surface area contributed by atoms with Gasteiger partial charge >= 0.3 is 0 Å². The van der Waals surface area contributed by atoms with Crippen LogP contribution in [0.3, 0.4) is 0 Å². The van der Waals surface area contributed by atoms with E-state index in [4.69, 9.17) is 5.73 Å². The number of benzene rings is 1. The van der Waals surface area contributed by atoms with Gasteiger partial charge in [-0.05, 0) is 51.5 Å². The van der Waals surface area contributed by atoms with Crippen LogP contribution < -0.4 is 11.1 Å². The van der Waals surface area contributed by atoms with Crippen molar-refractivity contribution in [3.63, 3.8) is 0 Å². The number of amides is 1. The van der Waals surface area contributed by atoms with E-state index in [2.05, 4.69) is 21.2 Å². The molecule has 8 heteroatoms. The Labute approximate surface area is 146 Å². The lowest BCUT2D eigenvalue weighted by Crippen LogP contribution is -2.48. The summed E-state index contributed by atoms with van der Waals surface area (Å²) in [6, 6.07) is 6.19. The van der Waals surface area contributed by atoms with E-state index in [9.17, 15) is 13.2 Å². The van der Waals surface area contributed by atoms with E-state index in [1.807, 2.05) is 6.92 Å². The lowest BCUT2D eigenvalue weighted by molar-refractivity contribution is -0.122. The normalized spacial score (nSPS) is 13.1. The van der Waals surface area contributed by atoms with Crippen molar-refractivity contribution in [1.29, 1.82) is 0 Å². The fraction of sp³-hybridized carbons (Fsp3) is 0.500. The Morgan fingerprint density at radius 1 is 1.32 bits per heavy atom. The van der Waals surface area contributed by atoms with E-state index >= 15 is 0 Å². The number of nitrogens with two attached hydrogens (primary N) is 1. The predicted octanol–water partition coefficient (Wildman–Crippen LogP) is 2.28. The summed E-state index contributed by atoms with van der Waals surface area (Å²) in [5.41, 5.74) is 5.60. The second kappa shape index (κ2) is 8.29. The van der Waals surface area contributed by atoms with Gasteiger partial charge in [0.2, 0.25) is 5.91 Å². The van der Waals surface area contributed by atoms with Gasteiger partial charge in [-0.25, -0.2) is 8.42 Å². The Morgan fingerprint density at radius 2 is 1.82 bits per heavy atom. The molecule has 22 heavy (non-hydrogen) atoms. The first-order valence-electron chi connectivity index (χ1n) is 6.63. The van der Waals surface area contributed by atoms with Crippen molar-refractivity contribution in [3.8, 4) is 0 Å². The molecule has 0 saturated heterocycles. The quantitative estimate of drug-likeness (QED) is 0.748. The molecular formula is C14H22BrClN2O3S. The highest BCUT2D eigenvalue weighted by molar-refractivity contribution is 9.10. The molecule has 0 aliphatic rings. The van der Waals surface area contributed by atoms with Gasteiger partial charge in [-0.3, -0.25) is 4.79 Å². The molecule has 0 radical (unpaired) electrons. The highest BCUT2D eigenvalue weighted by Crippen LogP contribution is 2.26. The largest absolute Gasteiger partial charge is 0.355 e. The van der Waals surface area contributed by atoms with E-state index in [-0.39, 0.29) is 23.3 Å². The van der Waals surface area contributed by atoms with Gasteiger partial charge in [-0.1, -0.05) is 15.9 Å². The molecule has 0 aliphatic heterocycles. The molecule has 0 aromatic heterocycles. The standard InChI is InChI=1S/C14H21BrN2O3S.ClH/c1-10(16)8-9-17-13(18)14(2,3)21(19,20)12-6-4-11(15)5-7-12;/h4-7,10H,8-9,16H2,1-3H3,(H,17,18);1H. The summed E-state index contributed by atoms with van der Waals surface area (Å²) in [4.78, 5) is 12.3. The molecule has 0 bridgehead atoms. The van der Waals surface area contributed by atoms with Gasteiger partial charge in [-0.2, -0.15) is 0 Å². The molecule has 1 aromatic rings. The first-order chi connectivity index (χ1) is 9.59. The zero-order chi connectivity index (χ0) is 16.3.